The van der Waals surface area contributed by atoms with Crippen molar-refractivity contribution in [3.8, 4) is 0 Å². The molecular weight excluding hydrogens is 286 g/mol. The molecule has 0 aliphatic carbocycles. The van der Waals surface area contributed by atoms with Crippen LogP contribution in [0.15, 0.2) is 18.2 Å². The Balaban J connectivity index is 1.84. The topological polar surface area (TPSA) is 35.6 Å². The third kappa shape index (κ3) is 3.98. The predicted octanol–water partition coefficient (Wildman–Crippen LogP) is 3.87. The molecule has 2 heterocycles. The molecule has 2 aliphatic heterocycles. The predicted molar refractivity (Wildman–Crippen MR) is 97.4 cm³/mol. The second-order valence-electron chi connectivity index (χ2n) is 7.24. The van der Waals surface area contributed by atoms with E-state index in [1.807, 2.05) is 0 Å². The van der Waals surface area contributed by atoms with Crippen molar-refractivity contribution < 1.29 is 4.79 Å². The van der Waals surface area contributed by atoms with Crippen LogP contribution in [0.5, 0.6) is 0 Å². The molecule has 1 aromatic carbocycles. The fraction of sp³-hybridized carbons (Fsp3) is 0.632. The molecule has 0 saturated carbocycles. The van der Waals surface area contributed by atoms with Crippen molar-refractivity contribution in [2.45, 2.75) is 46.0 Å². The molecule has 0 unspecified atom stereocenters. The van der Waals surface area contributed by atoms with Gasteiger partial charge in [-0.1, -0.05) is 13.8 Å². The number of nitrogens with zero attached hydrogens (tertiary/aromatic N) is 2. The van der Waals surface area contributed by atoms with E-state index in [9.17, 15) is 4.79 Å². The summed E-state index contributed by atoms with van der Waals surface area (Å²) in [6, 6.07) is 6.60. The summed E-state index contributed by atoms with van der Waals surface area (Å²) in [6.45, 7) is 8.61. The van der Waals surface area contributed by atoms with Crippen molar-refractivity contribution in [1.82, 2.24) is 0 Å². The lowest BCUT2D eigenvalue weighted by atomic mass is 10.1. The number of amides is 1. The first kappa shape index (κ1) is 16.2. The van der Waals surface area contributed by atoms with Gasteiger partial charge in [0.2, 0.25) is 5.91 Å². The van der Waals surface area contributed by atoms with Gasteiger partial charge in [0.15, 0.2) is 0 Å². The van der Waals surface area contributed by atoms with Crippen LogP contribution in [0.1, 0.15) is 46.0 Å². The van der Waals surface area contributed by atoms with Crippen LogP contribution in [0.25, 0.3) is 0 Å². The van der Waals surface area contributed by atoms with Gasteiger partial charge in [-0.05, 0) is 49.8 Å². The monoisotopic (exact) mass is 315 g/mol. The van der Waals surface area contributed by atoms with Gasteiger partial charge in [-0.25, -0.2) is 0 Å². The van der Waals surface area contributed by atoms with E-state index in [0.29, 0.717) is 12.3 Å². The Morgan fingerprint density at radius 2 is 1.65 bits per heavy atom. The molecule has 0 spiro atoms. The van der Waals surface area contributed by atoms with Gasteiger partial charge < -0.3 is 15.1 Å². The molecule has 0 aromatic heterocycles. The van der Waals surface area contributed by atoms with Gasteiger partial charge in [0, 0.05) is 38.3 Å². The van der Waals surface area contributed by atoms with Crippen molar-refractivity contribution >= 4 is 23.0 Å². The lowest BCUT2D eigenvalue weighted by molar-refractivity contribution is -0.116. The highest BCUT2D eigenvalue weighted by atomic mass is 16.1. The van der Waals surface area contributed by atoms with Crippen LogP contribution in [0, 0.1) is 5.92 Å². The molecule has 1 aromatic rings. The van der Waals surface area contributed by atoms with Crippen molar-refractivity contribution in [2.24, 2.45) is 5.92 Å². The van der Waals surface area contributed by atoms with E-state index in [-0.39, 0.29) is 5.91 Å². The minimum Gasteiger partial charge on any atom is -0.371 e. The Labute approximate surface area is 139 Å². The lowest BCUT2D eigenvalue weighted by Crippen LogP contribution is -2.23. The van der Waals surface area contributed by atoms with Crippen LogP contribution in [0.2, 0.25) is 0 Å². The highest BCUT2D eigenvalue weighted by Crippen LogP contribution is 2.34. The molecule has 23 heavy (non-hydrogen) atoms. The number of hydrogen-bond acceptors (Lipinski definition) is 3. The van der Waals surface area contributed by atoms with Gasteiger partial charge in [-0.2, -0.15) is 0 Å². The zero-order valence-electron chi connectivity index (χ0n) is 14.5. The van der Waals surface area contributed by atoms with Crippen LogP contribution < -0.4 is 15.1 Å². The molecule has 1 amide bonds. The van der Waals surface area contributed by atoms with E-state index in [1.165, 1.54) is 37.1 Å². The van der Waals surface area contributed by atoms with E-state index >= 15 is 0 Å². The highest BCUT2D eigenvalue weighted by Gasteiger charge is 2.20. The number of carbonyl (C=O) groups is 1. The molecule has 1 N–H and O–H groups in total. The van der Waals surface area contributed by atoms with Crippen molar-refractivity contribution in [3.63, 3.8) is 0 Å². The summed E-state index contributed by atoms with van der Waals surface area (Å²) in [4.78, 5) is 17.1. The quantitative estimate of drug-likeness (QED) is 0.896. The standard InChI is InChI=1S/C19H29N3O/c1-15(2)13-19(23)20-17-14-16(21-9-3-4-10-21)7-8-18(17)22-11-5-6-12-22/h7-8,14-15H,3-6,9-13H2,1-2H3,(H,20,23). The molecule has 0 atom stereocenters. The molecular formula is C19H29N3O. The molecule has 2 fully saturated rings. The van der Waals surface area contributed by atoms with Crippen LogP contribution >= 0.6 is 0 Å². The Morgan fingerprint density at radius 3 is 2.26 bits per heavy atom. The first-order valence-electron chi connectivity index (χ1n) is 9.07. The SMILES string of the molecule is CC(C)CC(=O)Nc1cc(N2CCCC2)ccc1N1CCCC1. The zero-order chi connectivity index (χ0) is 16.2. The number of hydrogen-bond donors (Lipinski definition) is 1. The maximum Gasteiger partial charge on any atom is 0.224 e. The van der Waals surface area contributed by atoms with Crippen LogP contribution in [-0.2, 0) is 4.79 Å². The summed E-state index contributed by atoms with van der Waals surface area (Å²) in [5, 5.41) is 3.18. The van der Waals surface area contributed by atoms with Gasteiger partial charge in [0.1, 0.15) is 0 Å². The molecule has 0 radical (unpaired) electrons. The van der Waals surface area contributed by atoms with Gasteiger partial charge >= 0.3 is 0 Å². The fourth-order valence-corrected chi connectivity index (χ4v) is 3.60. The lowest BCUT2D eigenvalue weighted by Gasteiger charge is -2.25. The van der Waals surface area contributed by atoms with Crippen molar-refractivity contribution in [1.29, 1.82) is 0 Å². The Hall–Kier alpha value is -1.71. The molecule has 2 saturated heterocycles. The maximum absolute atomic E-state index is 12.3. The second-order valence-corrected chi connectivity index (χ2v) is 7.24. The molecule has 126 valence electrons. The van der Waals surface area contributed by atoms with Crippen LogP contribution in [0.3, 0.4) is 0 Å². The fourth-order valence-electron chi connectivity index (χ4n) is 3.60. The molecule has 3 rings (SSSR count). The Morgan fingerprint density at radius 1 is 1.04 bits per heavy atom. The first-order chi connectivity index (χ1) is 11.1. The van der Waals surface area contributed by atoms with Crippen molar-refractivity contribution in [3.05, 3.63) is 18.2 Å². The minimum absolute atomic E-state index is 0.124. The van der Waals surface area contributed by atoms with Gasteiger partial charge in [-0.3, -0.25) is 4.79 Å². The number of carbonyl (C=O) groups excluding carboxylic acids is 1. The third-order valence-corrected chi connectivity index (χ3v) is 4.77. The third-order valence-electron chi connectivity index (χ3n) is 4.77. The number of benzene rings is 1. The van der Waals surface area contributed by atoms with Gasteiger partial charge in [0.05, 0.1) is 11.4 Å². The Bertz CT molecular complexity index is 544. The first-order valence-corrected chi connectivity index (χ1v) is 9.07. The average molecular weight is 315 g/mol. The number of nitrogens with one attached hydrogen (secondary N) is 1. The van der Waals surface area contributed by atoms with Gasteiger partial charge in [0.25, 0.3) is 0 Å². The summed E-state index contributed by atoms with van der Waals surface area (Å²) in [6.07, 6.45) is 5.60. The number of rotatable bonds is 5. The van der Waals surface area contributed by atoms with E-state index in [4.69, 9.17) is 0 Å². The van der Waals surface area contributed by atoms with Gasteiger partial charge in [-0.15, -0.1) is 0 Å². The zero-order valence-corrected chi connectivity index (χ0v) is 14.5. The highest BCUT2D eigenvalue weighted by molar-refractivity contribution is 5.95. The van der Waals surface area contributed by atoms with Crippen molar-refractivity contribution in [2.75, 3.05) is 41.3 Å². The molecule has 4 heteroatoms. The maximum atomic E-state index is 12.3. The van der Waals surface area contributed by atoms with Crippen LogP contribution in [0.4, 0.5) is 17.1 Å². The van der Waals surface area contributed by atoms with E-state index in [1.54, 1.807) is 0 Å². The summed E-state index contributed by atoms with van der Waals surface area (Å²) in [5.74, 6) is 0.506. The molecule has 4 nitrogen and oxygen atoms in total. The average Bonchev–Trinajstić information content (AvgIpc) is 3.20. The van der Waals surface area contributed by atoms with Crippen LogP contribution in [-0.4, -0.2) is 32.1 Å². The summed E-state index contributed by atoms with van der Waals surface area (Å²) in [5.41, 5.74) is 3.41. The largest absolute Gasteiger partial charge is 0.371 e. The normalized spacial score (nSPS) is 18.0. The van der Waals surface area contributed by atoms with E-state index in [2.05, 4.69) is 47.2 Å². The Kier molecular flexibility index (Phi) is 5.09. The van der Waals surface area contributed by atoms with E-state index in [0.717, 1.165) is 31.9 Å². The minimum atomic E-state index is 0.124. The summed E-state index contributed by atoms with van der Waals surface area (Å²) < 4.78 is 0. The summed E-state index contributed by atoms with van der Waals surface area (Å²) >= 11 is 0. The molecule has 2 aliphatic rings. The molecule has 0 bridgehead atoms. The van der Waals surface area contributed by atoms with E-state index < -0.39 is 0 Å². The second kappa shape index (κ2) is 7.24. The smallest absolute Gasteiger partial charge is 0.224 e. The summed E-state index contributed by atoms with van der Waals surface area (Å²) in [7, 11) is 0. The number of anilines is 3.